The van der Waals surface area contributed by atoms with Gasteiger partial charge in [0.1, 0.15) is 0 Å². The average Bonchev–Trinajstić information content (AvgIpc) is 2.65. The van der Waals surface area contributed by atoms with Crippen LogP contribution in [0.4, 0.5) is 0 Å². The molecule has 0 saturated heterocycles. The van der Waals surface area contributed by atoms with E-state index in [1.807, 2.05) is 13.8 Å². The van der Waals surface area contributed by atoms with E-state index in [4.69, 9.17) is 5.11 Å². The number of aliphatic hydroxyl groups is 1. The summed E-state index contributed by atoms with van der Waals surface area (Å²) in [6, 6.07) is 1.77. The second-order valence-electron chi connectivity index (χ2n) is 3.67. The van der Waals surface area contributed by atoms with E-state index in [1.165, 1.54) is 11.3 Å². The summed E-state index contributed by atoms with van der Waals surface area (Å²) in [7, 11) is 0. The maximum atomic E-state index is 11.8. The lowest BCUT2D eigenvalue weighted by molar-refractivity contribution is 0.0848. The molecule has 0 bridgehead atoms. The summed E-state index contributed by atoms with van der Waals surface area (Å²) in [4.78, 5) is 11.8. The molecule has 0 aromatic carbocycles. The number of halogens is 1. The van der Waals surface area contributed by atoms with Gasteiger partial charge in [0.05, 0.1) is 21.5 Å². The molecule has 84 valence electrons. The van der Waals surface area contributed by atoms with Crippen molar-refractivity contribution in [1.82, 2.24) is 5.32 Å². The van der Waals surface area contributed by atoms with E-state index >= 15 is 0 Å². The molecule has 3 nitrogen and oxygen atoms in total. The Bertz CT molecular complexity index is 347. The molecule has 0 aliphatic rings. The highest BCUT2D eigenvalue weighted by molar-refractivity contribution is 9.11. The zero-order valence-corrected chi connectivity index (χ0v) is 11.1. The molecule has 0 saturated carbocycles. The van der Waals surface area contributed by atoms with Crippen LogP contribution in [0.3, 0.4) is 0 Å². The van der Waals surface area contributed by atoms with Gasteiger partial charge in [-0.1, -0.05) is 6.92 Å². The Labute approximate surface area is 102 Å². The van der Waals surface area contributed by atoms with Crippen molar-refractivity contribution in [1.29, 1.82) is 0 Å². The van der Waals surface area contributed by atoms with Crippen molar-refractivity contribution in [2.24, 2.45) is 0 Å². The average molecular weight is 292 g/mol. The Kier molecular flexibility index (Phi) is 4.31. The number of nitrogens with one attached hydrogen (secondary N) is 1. The van der Waals surface area contributed by atoms with Crippen molar-refractivity contribution in [2.45, 2.75) is 25.8 Å². The molecular weight excluding hydrogens is 278 g/mol. The molecule has 5 heteroatoms. The van der Waals surface area contributed by atoms with Crippen LogP contribution in [0.25, 0.3) is 0 Å². The lowest BCUT2D eigenvalue weighted by atomic mass is 10.00. The number of hydrogen-bond donors (Lipinski definition) is 2. The summed E-state index contributed by atoms with van der Waals surface area (Å²) in [5.41, 5.74) is 0.0888. The van der Waals surface area contributed by atoms with Gasteiger partial charge in [0.2, 0.25) is 0 Å². The van der Waals surface area contributed by atoms with E-state index in [2.05, 4.69) is 21.2 Å². The number of carbonyl (C=O) groups excluding carboxylic acids is 1. The highest BCUT2D eigenvalue weighted by atomic mass is 79.9. The van der Waals surface area contributed by atoms with E-state index in [0.29, 0.717) is 12.0 Å². The molecule has 1 unspecified atom stereocenters. The first-order chi connectivity index (χ1) is 7.00. The van der Waals surface area contributed by atoms with E-state index in [0.717, 1.165) is 3.79 Å². The smallest absolute Gasteiger partial charge is 0.252 e. The Morgan fingerprint density at radius 2 is 2.40 bits per heavy atom. The Balaban J connectivity index is 2.71. The molecule has 0 aliphatic carbocycles. The van der Waals surface area contributed by atoms with E-state index in [9.17, 15) is 4.79 Å². The summed E-state index contributed by atoms with van der Waals surface area (Å²) >= 11 is 4.77. The first kappa shape index (κ1) is 12.7. The first-order valence-electron chi connectivity index (χ1n) is 4.68. The van der Waals surface area contributed by atoms with Gasteiger partial charge in [-0.05, 0) is 35.3 Å². The topological polar surface area (TPSA) is 49.3 Å². The van der Waals surface area contributed by atoms with Crippen molar-refractivity contribution < 1.29 is 9.90 Å². The fraction of sp³-hybridized carbons (Fsp3) is 0.500. The largest absolute Gasteiger partial charge is 0.394 e. The molecule has 0 aliphatic heterocycles. The second-order valence-corrected chi connectivity index (χ2v) is 5.96. The summed E-state index contributed by atoms with van der Waals surface area (Å²) in [5, 5.41) is 13.8. The van der Waals surface area contributed by atoms with Gasteiger partial charge in [-0.3, -0.25) is 4.79 Å². The van der Waals surface area contributed by atoms with Crippen molar-refractivity contribution in [3.05, 3.63) is 20.8 Å². The Hall–Kier alpha value is -0.390. The minimum Gasteiger partial charge on any atom is -0.394 e. The number of rotatable bonds is 4. The molecule has 2 N–H and O–H groups in total. The Morgan fingerprint density at radius 3 is 2.80 bits per heavy atom. The summed E-state index contributed by atoms with van der Waals surface area (Å²) in [6.45, 7) is 3.70. The molecule has 1 heterocycles. The van der Waals surface area contributed by atoms with Crippen LogP contribution >= 0.6 is 27.3 Å². The van der Waals surface area contributed by atoms with Crippen molar-refractivity contribution in [3.8, 4) is 0 Å². The molecule has 1 atom stereocenters. The lowest BCUT2D eigenvalue weighted by Gasteiger charge is -2.26. The van der Waals surface area contributed by atoms with E-state index in [1.54, 1.807) is 11.4 Å². The van der Waals surface area contributed by atoms with Crippen LogP contribution in [0, 0.1) is 0 Å². The fourth-order valence-electron chi connectivity index (χ4n) is 1.02. The molecular formula is C10H14BrNO2S. The molecule has 1 rings (SSSR count). The van der Waals surface area contributed by atoms with Gasteiger partial charge in [-0.2, -0.15) is 0 Å². The number of aliphatic hydroxyl groups excluding tert-OH is 1. The van der Waals surface area contributed by atoms with Crippen LogP contribution in [0.15, 0.2) is 15.2 Å². The second kappa shape index (κ2) is 5.09. The third kappa shape index (κ3) is 3.29. The number of amides is 1. The van der Waals surface area contributed by atoms with Crippen LogP contribution in [0.5, 0.6) is 0 Å². The molecule has 15 heavy (non-hydrogen) atoms. The minimum absolute atomic E-state index is 0.0550. The zero-order valence-electron chi connectivity index (χ0n) is 8.71. The van der Waals surface area contributed by atoms with Gasteiger partial charge < -0.3 is 10.4 Å². The standard InChI is InChI=1S/C10H14BrNO2S/c1-3-10(2,6-13)12-9(14)7-4-8(11)15-5-7/h4-5,13H,3,6H2,1-2H3,(H,12,14). The number of carbonyl (C=O) groups is 1. The summed E-state index contributed by atoms with van der Waals surface area (Å²) in [6.07, 6.45) is 0.695. The minimum atomic E-state index is -0.536. The third-order valence-electron chi connectivity index (χ3n) is 2.37. The number of hydrogen-bond acceptors (Lipinski definition) is 3. The predicted molar refractivity (Wildman–Crippen MR) is 65.3 cm³/mol. The van der Waals surface area contributed by atoms with E-state index in [-0.39, 0.29) is 12.5 Å². The predicted octanol–water partition coefficient (Wildman–Crippen LogP) is 2.40. The van der Waals surface area contributed by atoms with Crippen LogP contribution in [-0.2, 0) is 0 Å². The highest BCUT2D eigenvalue weighted by Crippen LogP contribution is 2.21. The van der Waals surface area contributed by atoms with Crippen LogP contribution in [-0.4, -0.2) is 23.2 Å². The monoisotopic (exact) mass is 291 g/mol. The van der Waals surface area contributed by atoms with Gasteiger partial charge in [0.25, 0.3) is 5.91 Å². The van der Waals surface area contributed by atoms with Gasteiger partial charge in [0, 0.05) is 5.38 Å². The molecule has 0 fully saturated rings. The molecule has 0 radical (unpaired) electrons. The van der Waals surface area contributed by atoms with Gasteiger partial charge in [-0.15, -0.1) is 11.3 Å². The molecule has 1 amide bonds. The summed E-state index contributed by atoms with van der Waals surface area (Å²) < 4.78 is 0.926. The van der Waals surface area contributed by atoms with Crippen molar-refractivity contribution >= 4 is 33.2 Å². The maximum absolute atomic E-state index is 11.8. The molecule has 0 spiro atoms. The van der Waals surface area contributed by atoms with Gasteiger partial charge >= 0.3 is 0 Å². The molecule has 1 aromatic heterocycles. The quantitative estimate of drug-likeness (QED) is 0.895. The van der Waals surface area contributed by atoms with Gasteiger partial charge in [-0.25, -0.2) is 0 Å². The first-order valence-corrected chi connectivity index (χ1v) is 6.35. The third-order valence-corrected chi connectivity index (χ3v) is 3.88. The summed E-state index contributed by atoms with van der Waals surface area (Å²) in [5.74, 6) is -0.143. The van der Waals surface area contributed by atoms with E-state index < -0.39 is 5.54 Å². The van der Waals surface area contributed by atoms with Crippen molar-refractivity contribution in [3.63, 3.8) is 0 Å². The van der Waals surface area contributed by atoms with Gasteiger partial charge in [0.15, 0.2) is 0 Å². The maximum Gasteiger partial charge on any atom is 0.252 e. The zero-order chi connectivity index (χ0) is 11.5. The Morgan fingerprint density at radius 1 is 1.73 bits per heavy atom. The van der Waals surface area contributed by atoms with Crippen molar-refractivity contribution in [2.75, 3.05) is 6.61 Å². The fourth-order valence-corrected chi connectivity index (χ4v) is 2.15. The van der Waals surface area contributed by atoms with Crippen LogP contribution in [0.1, 0.15) is 30.6 Å². The molecule has 1 aromatic rings. The lowest BCUT2D eigenvalue weighted by Crippen LogP contribution is -2.48. The highest BCUT2D eigenvalue weighted by Gasteiger charge is 2.24. The van der Waals surface area contributed by atoms with Crippen LogP contribution < -0.4 is 5.32 Å². The normalized spacial score (nSPS) is 14.7. The SMILES string of the molecule is CCC(C)(CO)NC(=O)c1csc(Br)c1. The van der Waals surface area contributed by atoms with Crippen LogP contribution in [0.2, 0.25) is 0 Å². The number of thiophene rings is 1.